The molecule has 22 heavy (non-hydrogen) atoms. The van der Waals surface area contributed by atoms with Gasteiger partial charge in [0.1, 0.15) is 6.04 Å². The summed E-state index contributed by atoms with van der Waals surface area (Å²) < 4.78 is 0. The Morgan fingerprint density at radius 1 is 1.14 bits per heavy atom. The summed E-state index contributed by atoms with van der Waals surface area (Å²) in [6.07, 6.45) is 0. The van der Waals surface area contributed by atoms with Crippen LogP contribution in [0.15, 0.2) is 42.5 Å². The van der Waals surface area contributed by atoms with Crippen LogP contribution in [0, 0.1) is 0 Å². The van der Waals surface area contributed by atoms with E-state index in [4.69, 9.17) is 34.8 Å². The Balaban J connectivity index is 1.90. The number of quaternary nitrogens is 1. The van der Waals surface area contributed by atoms with Gasteiger partial charge >= 0.3 is 0 Å². The van der Waals surface area contributed by atoms with E-state index in [1.54, 1.807) is 18.2 Å². The van der Waals surface area contributed by atoms with E-state index in [1.807, 2.05) is 36.5 Å². The summed E-state index contributed by atoms with van der Waals surface area (Å²) in [5.41, 5.74) is 1.63. The van der Waals surface area contributed by atoms with Crippen LogP contribution < -0.4 is 10.6 Å². The van der Waals surface area contributed by atoms with Gasteiger partial charge < -0.3 is 10.6 Å². The van der Waals surface area contributed by atoms with Crippen LogP contribution in [0.2, 0.25) is 15.1 Å². The lowest BCUT2D eigenvalue weighted by Crippen LogP contribution is -2.86. The first-order chi connectivity index (χ1) is 10.5. The maximum atomic E-state index is 12.0. The van der Waals surface area contributed by atoms with Crippen LogP contribution in [0.3, 0.4) is 0 Å². The molecule has 3 N–H and O–H groups in total. The van der Waals surface area contributed by atoms with Gasteiger partial charge in [-0.2, -0.15) is 0 Å². The highest BCUT2D eigenvalue weighted by atomic mass is 35.5. The van der Waals surface area contributed by atoms with Crippen molar-refractivity contribution in [2.45, 2.75) is 13.0 Å². The third-order valence-corrected chi connectivity index (χ3v) is 4.02. The molecule has 0 saturated carbocycles. The van der Waals surface area contributed by atoms with Crippen molar-refractivity contribution in [2.24, 2.45) is 0 Å². The molecular weight excluding hydrogens is 343 g/mol. The van der Waals surface area contributed by atoms with E-state index >= 15 is 0 Å². The van der Waals surface area contributed by atoms with Crippen LogP contribution in [-0.4, -0.2) is 12.5 Å². The molecule has 0 unspecified atom stereocenters. The third-order valence-electron chi connectivity index (χ3n) is 3.24. The highest BCUT2D eigenvalue weighted by Crippen LogP contribution is 2.25. The first-order valence-electron chi connectivity index (χ1n) is 6.79. The number of amides is 1. The molecule has 116 valence electrons. The Bertz CT molecular complexity index is 676. The van der Waals surface area contributed by atoms with E-state index in [1.165, 1.54) is 0 Å². The zero-order valence-corrected chi connectivity index (χ0v) is 14.2. The smallest absolute Gasteiger partial charge is 0.279 e. The van der Waals surface area contributed by atoms with Crippen molar-refractivity contribution in [1.82, 2.24) is 0 Å². The predicted molar refractivity (Wildman–Crippen MR) is 91.8 cm³/mol. The second kappa shape index (κ2) is 7.84. The SMILES string of the molecule is C[C@@H]([NH2+]CC(=O)Nc1ccc(Cl)cc1Cl)c1cccc(Cl)c1. The average molecular weight is 359 g/mol. The number of rotatable bonds is 5. The summed E-state index contributed by atoms with van der Waals surface area (Å²) in [4.78, 5) is 12.0. The molecule has 2 aromatic rings. The Labute approximate surface area is 144 Å². The quantitative estimate of drug-likeness (QED) is 0.836. The largest absolute Gasteiger partial charge is 0.333 e. The summed E-state index contributed by atoms with van der Waals surface area (Å²) in [5.74, 6) is -0.127. The van der Waals surface area contributed by atoms with E-state index in [0.717, 1.165) is 5.56 Å². The lowest BCUT2D eigenvalue weighted by Gasteiger charge is -2.12. The monoisotopic (exact) mass is 357 g/mol. The van der Waals surface area contributed by atoms with E-state index in [-0.39, 0.29) is 18.5 Å². The molecule has 0 saturated heterocycles. The van der Waals surface area contributed by atoms with Gasteiger partial charge in [-0.1, -0.05) is 46.9 Å². The number of nitrogens with two attached hydrogens (primary N) is 1. The van der Waals surface area contributed by atoms with E-state index in [9.17, 15) is 4.79 Å². The van der Waals surface area contributed by atoms with Gasteiger partial charge in [-0.15, -0.1) is 0 Å². The molecule has 6 heteroatoms. The van der Waals surface area contributed by atoms with Gasteiger partial charge in [-0.3, -0.25) is 4.79 Å². The van der Waals surface area contributed by atoms with Crippen molar-refractivity contribution in [3.05, 3.63) is 63.1 Å². The molecule has 2 aromatic carbocycles. The topological polar surface area (TPSA) is 45.7 Å². The molecule has 3 nitrogen and oxygen atoms in total. The van der Waals surface area contributed by atoms with E-state index in [0.29, 0.717) is 20.8 Å². The van der Waals surface area contributed by atoms with E-state index < -0.39 is 0 Å². The molecule has 0 heterocycles. The highest BCUT2D eigenvalue weighted by molar-refractivity contribution is 6.36. The van der Waals surface area contributed by atoms with Crippen molar-refractivity contribution < 1.29 is 10.1 Å². The third kappa shape index (κ3) is 4.89. The van der Waals surface area contributed by atoms with Gasteiger partial charge in [0.2, 0.25) is 0 Å². The van der Waals surface area contributed by atoms with Gasteiger partial charge in [-0.05, 0) is 37.3 Å². The Morgan fingerprint density at radius 2 is 1.86 bits per heavy atom. The zero-order valence-electron chi connectivity index (χ0n) is 11.9. The number of hydrogen-bond acceptors (Lipinski definition) is 1. The second-order valence-corrected chi connectivity index (χ2v) is 6.24. The molecule has 0 aliphatic rings. The van der Waals surface area contributed by atoms with Crippen molar-refractivity contribution in [1.29, 1.82) is 0 Å². The number of carbonyl (C=O) groups is 1. The Hall–Kier alpha value is -1.26. The lowest BCUT2D eigenvalue weighted by molar-refractivity contribution is -0.682. The lowest BCUT2D eigenvalue weighted by atomic mass is 10.1. The molecule has 0 aromatic heterocycles. The fourth-order valence-corrected chi connectivity index (χ4v) is 2.66. The van der Waals surface area contributed by atoms with Crippen molar-refractivity contribution in [3.63, 3.8) is 0 Å². The van der Waals surface area contributed by atoms with Gasteiger partial charge in [0.15, 0.2) is 6.54 Å². The molecular formula is C16H16Cl3N2O+. The first kappa shape index (κ1) is 17.1. The molecule has 0 aliphatic heterocycles. The molecule has 0 bridgehead atoms. The zero-order chi connectivity index (χ0) is 16.1. The van der Waals surface area contributed by atoms with Gasteiger partial charge in [0.25, 0.3) is 5.91 Å². The number of hydrogen-bond donors (Lipinski definition) is 2. The van der Waals surface area contributed by atoms with Gasteiger partial charge in [0, 0.05) is 15.6 Å². The summed E-state index contributed by atoms with van der Waals surface area (Å²) in [7, 11) is 0. The van der Waals surface area contributed by atoms with Crippen LogP contribution in [-0.2, 0) is 4.79 Å². The maximum absolute atomic E-state index is 12.0. The molecule has 0 fully saturated rings. The summed E-state index contributed by atoms with van der Waals surface area (Å²) in [6, 6.07) is 12.7. The van der Waals surface area contributed by atoms with Crippen LogP contribution in [0.5, 0.6) is 0 Å². The highest BCUT2D eigenvalue weighted by Gasteiger charge is 2.13. The molecule has 1 atom stereocenters. The summed E-state index contributed by atoms with van der Waals surface area (Å²) in [5, 5.41) is 6.35. The summed E-state index contributed by atoms with van der Waals surface area (Å²) >= 11 is 17.8. The van der Waals surface area contributed by atoms with Crippen LogP contribution in [0.1, 0.15) is 18.5 Å². The number of halogens is 3. The van der Waals surface area contributed by atoms with Crippen LogP contribution in [0.4, 0.5) is 5.69 Å². The number of nitrogens with one attached hydrogen (secondary N) is 1. The standard InChI is InChI=1S/C16H15Cl3N2O/c1-10(11-3-2-4-12(17)7-11)20-9-16(22)21-15-6-5-13(18)8-14(15)19/h2-8,10,20H,9H2,1H3,(H,21,22)/p+1/t10-/m1/s1. The van der Waals surface area contributed by atoms with Crippen molar-refractivity contribution >= 4 is 46.4 Å². The number of carbonyl (C=O) groups excluding carboxylic acids is 1. The minimum atomic E-state index is -0.127. The Kier molecular flexibility index (Phi) is 6.09. The minimum Gasteiger partial charge on any atom is -0.333 e. The molecule has 0 radical (unpaired) electrons. The van der Waals surface area contributed by atoms with Gasteiger partial charge in [-0.25, -0.2) is 0 Å². The number of benzene rings is 2. The van der Waals surface area contributed by atoms with E-state index in [2.05, 4.69) is 5.32 Å². The maximum Gasteiger partial charge on any atom is 0.279 e. The average Bonchev–Trinajstić information content (AvgIpc) is 2.47. The van der Waals surface area contributed by atoms with Crippen LogP contribution in [0.25, 0.3) is 0 Å². The van der Waals surface area contributed by atoms with Crippen molar-refractivity contribution in [3.8, 4) is 0 Å². The minimum absolute atomic E-state index is 0.127. The predicted octanol–water partition coefficient (Wildman–Crippen LogP) is 3.91. The first-order valence-corrected chi connectivity index (χ1v) is 7.93. The van der Waals surface area contributed by atoms with Crippen molar-refractivity contribution in [2.75, 3.05) is 11.9 Å². The van der Waals surface area contributed by atoms with Gasteiger partial charge in [0.05, 0.1) is 10.7 Å². The molecule has 0 aliphatic carbocycles. The number of anilines is 1. The van der Waals surface area contributed by atoms with Crippen LogP contribution >= 0.6 is 34.8 Å². The molecule has 1 amide bonds. The Morgan fingerprint density at radius 3 is 2.55 bits per heavy atom. The fraction of sp³-hybridized carbons (Fsp3) is 0.188. The fourth-order valence-electron chi connectivity index (χ4n) is 2.00. The molecule has 2 rings (SSSR count). The normalized spacial score (nSPS) is 12.0. The molecule has 0 spiro atoms. The second-order valence-electron chi connectivity index (χ2n) is 4.96. The summed E-state index contributed by atoms with van der Waals surface area (Å²) in [6.45, 7) is 2.31.